The van der Waals surface area contributed by atoms with Gasteiger partial charge in [0.05, 0.1) is 24.1 Å². The molecule has 0 saturated heterocycles. The van der Waals surface area contributed by atoms with Crippen molar-refractivity contribution in [3.05, 3.63) is 59.4 Å². The van der Waals surface area contributed by atoms with Crippen LogP contribution in [0.2, 0.25) is 0 Å². The first-order valence-corrected chi connectivity index (χ1v) is 8.69. The Labute approximate surface area is 161 Å². The van der Waals surface area contributed by atoms with Crippen LogP contribution in [-0.2, 0) is 9.59 Å². The van der Waals surface area contributed by atoms with Crippen LogP contribution < -0.4 is 14.5 Å². The molecule has 0 aliphatic carbocycles. The van der Waals surface area contributed by atoms with Crippen molar-refractivity contribution in [3.8, 4) is 11.5 Å². The Balaban J connectivity index is 1.89. The van der Waals surface area contributed by atoms with E-state index in [0.717, 1.165) is 0 Å². The highest BCUT2D eigenvalue weighted by molar-refractivity contribution is 6.32. The van der Waals surface area contributed by atoms with Crippen molar-refractivity contribution in [3.63, 3.8) is 0 Å². The fraction of sp³-hybridized carbons (Fsp3) is 0.190. The quantitative estimate of drug-likeness (QED) is 0.446. The van der Waals surface area contributed by atoms with Gasteiger partial charge in [0, 0.05) is 6.42 Å². The summed E-state index contributed by atoms with van der Waals surface area (Å²) in [5.41, 5.74) is 2.11. The molecule has 0 atom stereocenters. The van der Waals surface area contributed by atoms with E-state index >= 15 is 0 Å². The molecule has 1 aliphatic rings. The smallest absolute Gasteiger partial charge is 0.311 e. The van der Waals surface area contributed by atoms with Crippen LogP contribution in [-0.4, -0.2) is 24.7 Å². The SMILES string of the molecule is CCC(=O)Oc1ccc(C=C2C(=O)N(c3ccc(F)cc3)N=C2C)cc1OC. The number of halogens is 1. The lowest BCUT2D eigenvalue weighted by Crippen LogP contribution is -2.21. The summed E-state index contributed by atoms with van der Waals surface area (Å²) in [5.74, 6) is -0.375. The van der Waals surface area contributed by atoms with Crippen molar-refractivity contribution in [2.45, 2.75) is 20.3 Å². The van der Waals surface area contributed by atoms with E-state index in [2.05, 4.69) is 5.10 Å². The molecule has 6 nitrogen and oxygen atoms in total. The van der Waals surface area contributed by atoms with Crippen LogP contribution in [0.15, 0.2) is 53.1 Å². The van der Waals surface area contributed by atoms with Gasteiger partial charge in [-0.05, 0) is 55.0 Å². The van der Waals surface area contributed by atoms with Crippen LogP contribution in [0.4, 0.5) is 10.1 Å². The van der Waals surface area contributed by atoms with Crippen molar-refractivity contribution in [1.29, 1.82) is 0 Å². The number of rotatable bonds is 5. The molecule has 0 radical (unpaired) electrons. The highest BCUT2D eigenvalue weighted by Gasteiger charge is 2.28. The van der Waals surface area contributed by atoms with Crippen molar-refractivity contribution in [2.75, 3.05) is 12.1 Å². The Hall–Kier alpha value is -3.48. The van der Waals surface area contributed by atoms with Gasteiger partial charge in [0.1, 0.15) is 5.82 Å². The van der Waals surface area contributed by atoms with Crippen molar-refractivity contribution < 1.29 is 23.5 Å². The average molecular weight is 382 g/mol. The van der Waals surface area contributed by atoms with Crippen molar-refractivity contribution in [1.82, 2.24) is 0 Å². The number of hydrogen-bond acceptors (Lipinski definition) is 5. The van der Waals surface area contributed by atoms with E-state index in [9.17, 15) is 14.0 Å². The molecular weight excluding hydrogens is 363 g/mol. The second-order valence-corrected chi connectivity index (χ2v) is 6.07. The number of amides is 1. The molecule has 7 heteroatoms. The van der Waals surface area contributed by atoms with E-state index in [4.69, 9.17) is 9.47 Å². The molecule has 1 amide bonds. The summed E-state index contributed by atoms with van der Waals surface area (Å²) in [4.78, 5) is 24.3. The number of benzene rings is 2. The zero-order chi connectivity index (χ0) is 20.3. The van der Waals surface area contributed by atoms with Crippen LogP contribution >= 0.6 is 0 Å². The van der Waals surface area contributed by atoms with Gasteiger partial charge in [0.2, 0.25) is 0 Å². The Morgan fingerprint density at radius 1 is 1.18 bits per heavy atom. The lowest BCUT2D eigenvalue weighted by Gasteiger charge is -2.11. The zero-order valence-electron chi connectivity index (χ0n) is 15.7. The predicted octanol–water partition coefficient (Wildman–Crippen LogP) is 3.96. The second-order valence-electron chi connectivity index (χ2n) is 6.07. The first-order valence-electron chi connectivity index (χ1n) is 8.69. The van der Waals surface area contributed by atoms with Gasteiger partial charge in [-0.25, -0.2) is 4.39 Å². The summed E-state index contributed by atoms with van der Waals surface area (Å²) in [5, 5.41) is 5.50. The van der Waals surface area contributed by atoms with E-state index < -0.39 is 0 Å². The maximum Gasteiger partial charge on any atom is 0.311 e. The topological polar surface area (TPSA) is 68.2 Å². The molecule has 0 spiro atoms. The highest BCUT2D eigenvalue weighted by Crippen LogP contribution is 2.31. The fourth-order valence-corrected chi connectivity index (χ4v) is 2.66. The van der Waals surface area contributed by atoms with Crippen molar-refractivity contribution >= 4 is 29.4 Å². The molecule has 0 fully saturated rings. The largest absolute Gasteiger partial charge is 0.493 e. The average Bonchev–Trinajstić information content (AvgIpc) is 2.97. The number of hydrazone groups is 1. The van der Waals surface area contributed by atoms with Gasteiger partial charge < -0.3 is 9.47 Å². The normalized spacial score (nSPS) is 15.0. The van der Waals surface area contributed by atoms with Crippen LogP contribution in [0.1, 0.15) is 25.8 Å². The minimum Gasteiger partial charge on any atom is -0.493 e. The summed E-state index contributed by atoms with van der Waals surface area (Å²) in [6, 6.07) is 10.5. The monoisotopic (exact) mass is 382 g/mol. The number of carbonyl (C=O) groups excluding carboxylic acids is 2. The zero-order valence-corrected chi connectivity index (χ0v) is 15.7. The molecule has 28 heavy (non-hydrogen) atoms. The van der Waals surface area contributed by atoms with E-state index in [1.54, 1.807) is 38.1 Å². The number of anilines is 1. The predicted molar refractivity (Wildman–Crippen MR) is 104 cm³/mol. The molecule has 0 unspecified atom stereocenters. The molecule has 144 valence electrons. The number of methoxy groups -OCH3 is 1. The number of nitrogens with zero attached hydrogens (tertiary/aromatic N) is 2. The van der Waals surface area contributed by atoms with E-state index in [-0.39, 0.29) is 24.1 Å². The molecule has 2 aromatic rings. The maximum atomic E-state index is 13.1. The van der Waals surface area contributed by atoms with Gasteiger partial charge in [-0.1, -0.05) is 13.0 Å². The molecular formula is C21H19FN2O4. The molecule has 0 saturated carbocycles. The van der Waals surface area contributed by atoms with Gasteiger partial charge in [0.15, 0.2) is 11.5 Å². The standard InChI is InChI=1S/C21H19FN2O4/c1-4-20(25)28-18-10-5-14(12-19(18)27-3)11-17-13(2)23-24(21(17)26)16-8-6-15(22)7-9-16/h5-12H,4H2,1-3H3. The maximum absolute atomic E-state index is 13.1. The summed E-state index contributed by atoms with van der Waals surface area (Å²) in [7, 11) is 1.47. The summed E-state index contributed by atoms with van der Waals surface area (Å²) in [6.07, 6.45) is 1.93. The third kappa shape index (κ3) is 3.93. The van der Waals surface area contributed by atoms with Crippen molar-refractivity contribution in [2.24, 2.45) is 5.10 Å². The first kappa shape index (κ1) is 19.3. The Bertz CT molecular complexity index is 980. The summed E-state index contributed by atoms with van der Waals surface area (Å²) in [6.45, 7) is 3.43. The van der Waals surface area contributed by atoms with E-state index in [1.165, 1.54) is 36.4 Å². The third-order valence-electron chi connectivity index (χ3n) is 4.14. The Morgan fingerprint density at radius 2 is 1.89 bits per heavy atom. The molecule has 1 heterocycles. The second kappa shape index (κ2) is 8.04. The summed E-state index contributed by atoms with van der Waals surface area (Å²) >= 11 is 0. The van der Waals surface area contributed by atoms with Crippen LogP contribution in [0, 0.1) is 5.82 Å². The number of esters is 1. The van der Waals surface area contributed by atoms with E-state index in [1.807, 2.05) is 0 Å². The van der Waals surface area contributed by atoms with Gasteiger partial charge in [-0.3, -0.25) is 9.59 Å². The molecule has 0 N–H and O–H groups in total. The lowest BCUT2D eigenvalue weighted by molar-refractivity contribution is -0.134. The number of ether oxygens (including phenoxy) is 2. The minimum absolute atomic E-state index is 0.248. The first-order chi connectivity index (χ1) is 13.4. The highest BCUT2D eigenvalue weighted by atomic mass is 19.1. The van der Waals surface area contributed by atoms with Gasteiger partial charge >= 0.3 is 5.97 Å². The lowest BCUT2D eigenvalue weighted by atomic mass is 10.1. The Kier molecular flexibility index (Phi) is 5.54. The van der Waals surface area contributed by atoms with Crippen LogP contribution in [0.5, 0.6) is 11.5 Å². The third-order valence-corrected chi connectivity index (χ3v) is 4.14. The Morgan fingerprint density at radius 3 is 2.54 bits per heavy atom. The van der Waals surface area contributed by atoms with Crippen LogP contribution in [0.25, 0.3) is 6.08 Å². The molecule has 2 aromatic carbocycles. The molecule has 3 rings (SSSR count). The number of carbonyl (C=O) groups is 2. The fourth-order valence-electron chi connectivity index (χ4n) is 2.66. The van der Waals surface area contributed by atoms with Crippen LogP contribution in [0.3, 0.4) is 0 Å². The minimum atomic E-state index is -0.386. The molecule has 0 aromatic heterocycles. The van der Waals surface area contributed by atoms with Gasteiger partial charge in [-0.2, -0.15) is 10.1 Å². The van der Waals surface area contributed by atoms with E-state index in [0.29, 0.717) is 34.0 Å². The molecule has 0 bridgehead atoms. The molecule has 1 aliphatic heterocycles. The summed E-state index contributed by atoms with van der Waals surface area (Å²) < 4.78 is 23.6. The number of hydrogen-bond donors (Lipinski definition) is 0. The van der Waals surface area contributed by atoms with Gasteiger partial charge in [0.25, 0.3) is 5.91 Å². The van der Waals surface area contributed by atoms with Gasteiger partial charge in [-0.15, -0.1) is 0 Å².